The van der Waals surface area contributed by atoms with E-state index in [2.05, 4.69) is 43.5 Å². The molecule has 0 saturated heterocycles. The normalized spacial score (nSPS) is 12.6. The molecule has 0 saturated carbocycles. The SMILES string of the molecule is CCCCCC/C=C\C/C=C\CCCCCCCC(=O)OCCCCCCCCCCCCCCCCCCCCCCCCCCCCCCCCCCCCCC(=O)NC(CO)C(O)/C=C/CCCCCCCCCCCCCCCCCCCC. The van der Waals surface area contributed by atoms with Gasteiger partial charge in [-0.05, 0) is 64.2 Å². The summed E-state index contributed by atoms with van der Waals surface area (Å²) in [4.78, 5) is 24.6. The lowest BCUT2D eigenvalue weighted by Gasteiger charge is -2.20. The van der Waals surface area contributed by atoms with E-state index in [0.29, 0.717) is 19.4 Å². The number of ether oxygens (including phenoxy) is 1. The molecule has 0 aliphatic heterocycles. The van der Waals surface area contributed by atoms with Gasteiger partial charge in [0.15, 0.2) is 0 Å². The molecule has 88 heavy (non-hydrogen) atoms. The number of amides is 1. The number of allylic oxidation sites excluding steroid dienone is 5. The summed E-state index contributed by atoms with van der Waals surface area (Å²) in [6, 6.07) is -0.625. The summed E-state index contributed by atoms with van der Waals surface area (Å²) < 4.78 is 5.50. The highest BCUT2D eigenvalue weighted by atomic mass is 16.5. The maximum Gasteiger partial charge on any atom is 0.305 e. The molecule has 6 heteroatoms. The number of hydrogen-bond donors (Lipinski definition) is 3. The number of unbranched alkanes of at least 4 members (excludes halogenated alkanes) is 61. The summed E-state index contributed by atoms with van der Waals surface area (Å²) in [5.74, 6) is -0.0488. The summed E-state index contributed by atoms with van der Waals surface area (Å²) in [6.45, 7) is 4.93. The first kappa shape index (κ1) is 86.1. The van der Waals surface area contributed by atoms with Crippen molar-refractivity contribution in [2.24, 2.45) is 0 Å². The van der Waals surface area contributed by atoms with Gasteiger partial charge in [0.25, 0.3) is 0 Å². The zero-order valence-corrected chi connectivity index (χ0v) is 59.7. The Bertz CT molecular complexity index is 1430. The lowest BCUT2D eigenvalue weighted by molar-refractivity contribution is -0.143. The molecule has 2 atom stereocenters. The molecule has 0 rings (SSSR count). The van der Waals surface area contributed by atoms with Crippen LogP contribution in [0.2, 0.25) is 0 Å². The maximum absolute atomic E-state index is 12.5. The lowest BCUT2D eigenvalue weighted by Crippen LogP contribution is -2.45. The van der Waals surface area contributed by atoms with E-state index in [1.807, 2.05) is 6.08 Å². The van der Waals surface area contributed by atoms with Gasteiger partial charge in [0.2, 0.25) is 5.91 Å². The molecule has 0 aliphatic carbocycles. The van der Waals surface area contributed by atoms with E-state index < -0.39 is 12.1 Å². The highest BCUT2D eigenvalue weighted by Crippen LogP contribution is 2.20. The Hall–Kier alpha value is -1.92. The lowest BCUT2D eigenvalue weighted by atomic mass is 10.0. The van der Waals surface area contributed by atoms with Gasteiger partial charge in [-0.3, -0.25) is 9.59 Å². The molecule has 0 aromatic rings. The molecule has 1 amide bonds. The molecule has 0 bridgehead atoms. The second-order valence-corrected chi connectivity index (χ2v) is 27.8. The number of rotatable bonds is 76. The Kier molecular flexibility index (Phi) is 75.8. The van der Waals surface area contributed by atoms with Gasteiger partial charge < -0.3 is 20.3 Å². The summed E-state index contributed by atoms with van der Waals surface area (Å²) in [5.41, 5.74) is 0. The smallest absolute Gasteiger partial charge is 0.305 e. The summed E-state index contributed by atoms with van der Waals surface area (Å²) >= 11 is 0. The molecule has 520 valence electrons. The van der Waals surface area contributed by atoms with Crippen molar-refractivity contribution in [3.63, 3.8) is 0 Å². The van der Waals surface area contributed by atoms with Crippen LogP contribution >= 0.6 is 0 Å². The van der Waals surface area contributed by atoms with Crippen molar-refractivity contribution in [3.05, 3.63) is 36.5 Å². The molecule has 0 aromatic heterocycles. The van der Waals surface area contributed by atoms with Crippen molar-refractivity contribution in [3.8, 4) is 0 Å². The van der Waals surface area contributed by atoms with Gasteiger partial charge in [0.05, 0.1) is 25.4 Å². The van der Waals surface area contributed by atoms with E-state index in [4.69, 9.17) is 4.74 Å². The van der Waals surface area contributed by atoms with E-state index in [9.17, 15) is 19.8 Å². The third-order valence-corrected chi connectivity index (χ3v) is 18.9. The maximum atomic E-state index is 12.5. The average molecular weight is 1240 g/mol. The van der Waals surface area contributed by atoms with E-state index >= 15 is 0 Å². The minimum atomic E-state index is -0.842. The van der Waals surface area contributed by atoms with Gasteiger partial charge in [-0.25, -0.2) is 0 Å². The molecule has 0 aliphatic rings. The third kappa shape index (κ3) is 73.1. The number of nitrogens with one attached hydrogen (secondary N) is 1. The van der Waals surface area contributed by atoms with E-state index in [1.165, 1.54) is 372 Å². The fourth-order valence-electron chi connectivity index (χ4n) is 12.8. The molecule has 0 radical (unpaired) electrons. The van der Waals surface area contributed by atoms with E-state index in [0.717, 1.165) is 51.4 Å². The van der Waals surface area contributed by atoms with Gasteiger partial charge in [-0.15, -0.1) is 0 Å². The van der Waals surface area contributed by atoms with Crippen molar-refractivity contribution in [1.82, 2.24) is 5.32 Å². The van der Waals surface area contributed by atoms with Gasteiger partial charge >= 0.3 is 5.97 Å². The van der Waals surface area contributed by atoms with Crippen LogP contribution in [0, 0.1) is 0 Å². The number of aliphatic hydroxyl groups excluding tert-OH is 2. The van der Waals surface area contributed by atoms with Crippen LogP contribution in [0.5, 0.6) is 0 Å². The van der Waals surface area contributed by atoms with E-state index in [1.54, 1.807) is 6.08 Å². The Morgan fingerprint density at radius 2 is 0.568 bits per heavy atom. The molecule has 2 unspecified atom stereocenters. The van der Waals surface area contributed by atoms with Crippen molar-refractivity contribution in [1.29, 1.82) is 0 Å². The summed E-state index contributed by atoms with van der Waals surface area (Å²) in [6.07, 6.45) is 101. The zero-order valence-electron chi connectivity index (χ0n) is 59.7. The molecule has 0 spiro atoms. The van der Waals surface area contributed by atoms with Crippen LogP contribution in [0.1, 0.15) is 450 Å². The van der Waals surface area contributed by atoms with Crippen LogP contribution in [0.4, 0.5) is 0 Å². The largest absolute Gasteiger partial charge is 0.466 e. The summed E-state index contributed by atoms with van der Waals surface area (Å²) in [5, 5.41) is 23.3. The van der Waals surface area contributed by atoms with Crippen molar-refractivity contribution in [2.75, 3.05) is 13.2 Å². The predicted octanol–water partition coefficient (Wildman–Crippen LogP) is 26.6. The standard InChI is InChI=1S/C82H157NO5/c1-3-5-7-9-11-13-15-17-19-21-22-40-43-46-50-54-58-62-66-70-74-80(85)79(78-84)83-81(86)75-71-67-63-59-55-51-47-44-41-38-36-34-32-30-28-26-24-23-25-27-29-31-33-35-37-39-42-45-49-53-57-61-65-69-73-77-88-82(87)76-72-68-64-60-56-52-48-20-18-16-14-12-10-8-6-4-2/h14,16,20,48,70,74,79-80,84-85H,3-13,15,17-19,21-47,49-69,71-73,75-78H2,1-2H3,(H,83,86)/b16-14-,48-20-,74-70+. The number of aliphatic hydroxyl groups is 2. The van der Waals surface area contributed by atoms with Gasteiger partial charge in [-0.2, -0.15) is 0 Å². The quantitative estimate of drug-likeness (QED) is 0.0320. The fraction of sp³-hybridized carbons (Fsp3) is 0.902. The third-order valence-electron chi connectivity index (χ3n) is 18.9. The molecule has 0 fully saturated rings. The highest BCUT2D eigenvalue weighted by Gasteiger charge is 2.18. The zero-order chi connectivity index (χ0) is 63.5. The molecule has 0 heterocycles. The monoisotopic (exact) mass is 1240 g/mol. The predicted molar refractivity (Wildman–Crippen MR) is 389 cm³/mol. The first-order valence-electron chi connectivity index (χ1n) is 40.3. The highest BCUT2D eigenvalue weighted by molar-refractivity contribution is 5.76. The van der Waals surface area contributed by atoms with Crippen molar-refractivity contribution >= 4 is 11.9 Å². The Morgan fingerprint density at radius 3 is 0.875 bits per heavy atom. The molecule has 6 nitrogen and oxygen atoms in total. The Morgan fingerprint density at radius 1 is 0.318 bits per heavy atom. The first-order valence-corrected chi connectivity index (χ1v) is 40.3. The second kappa shape index (κ2) is 77.5. The van der Waals surface area contributed by atoms with Crippen LogP contribution in [0.3, 0.4) is 0 Å². The van der Waals surface area contributed by atoms with Crippen molar-refractivity contribution in [2.45, 2.75) is 463 Å². The topological polar surface area (TPSA) is 95.9 Å². The molecular formula is C82H157NO5. The second-order valence-electron chi connectivity index (χ2n) is 27.8. The minimum absolute atomic E-state index is 0.00954. The van der Waals surface area contributed by atoms with Gasteiger partial charge in [0.1, 0.15) is 0 Å². The summed E-state index contributed by atoms with van der Waals surface area (Å²) in [7, 11) is 0. The fourth-order valence-corrected chi connectivity index (χ4v) is 12.8. The van der Waals surface area contributed by atoms with Crippen LogP contribution in [-0.4, -0.2) is 47.4 Å². The van der Waals surface area contributed by atoms with E-state index in [-0.39, 0.29) is 18.5 Å². The average Bonchev–Trinajstić information content (AvgIpc) is 3.58. The molecule has 0 aromatic carbocycles. The number of carbonyl (C=O) groups excluding carboxylic acids is 2. The minimum Gasteiger partial charge on any atom is -0.466 e. The number of hydrogen-bond acceptors (Lipinski definition) is 5. The number of esters is 1. The van der Waals surface area contributed by atoms with Crippen LogP contribution < -0.4 is 5.32 Å². The van der Waals surface area contributed by atoms with Gasteiger partial charge in [-0.1, -0.05) is 410 Å². The molecular weight excluding hydrogens is 1080 g/mol. The Balaban J connectivity index is 3.33. The number of carbonyl (C=O) groups is 2. The van der Waals surface area contributed by atoms with Crippen molar-refractivity contribution < 1.29 is 24.5 Å². The molecule has 3 N–H and O–H groups in total. The van der Waals surface area contributed by atoms with Crippen LogP contribution in [-0.2, 0) is 14.3 Å². The Labute approximate surface area is 551 Å². The first-order chi connectivity index (χ1) is 43.5. The van der Waals surface area contributed by atoms with Crippen LogP contribution in [0.15, 0.2) is 36.5 Å². The van der Waals surface area contributed by atoms with Gasteiger partial charge in [0, 0.05) is 12.8 Å². The van der Waals surface area contributed by atoms with Crippen LogP contribution in [0.25, 0.3) is 0 Å².